The van der Waals surface area contributed by atoms with Crippen LogP contribution in [0, 0.1) is 0 Å². The van der Waals surface area contributed by atoms with Crippen LogP contribution < -0.4 is 19.7 Å². The normalized spacial score (nSPS) is 18.4. The predicted octanol–water partition coefficient (Wildman–Crippen LogP) is 4.24. The van der Waals surface area contributed by atoms with Gasteiger partial charge in [0.15, 0.2) is 0 Å². The molecule has 2 atom stereocenters. The molecule has 6 rings (SSSR count). The van der Waals surface area contributed by atoms with Crippen LogP contribution in [0.5, 0.6) is 11.5 Å². The van der Waals surface area contributed by atoms with Crippen LogP contribution in [0.15, 0.2) is 72.8 Å². The number of fused-ring (bicyclic) bond motifs is 2. The van der Waals surface area contributed by atoms with E-state index in [0.29, 0.717) is 23.5 Å². The molecule has 2 amide bonds. The van der Waals surface area contributed by atoms with Crippen molar-refractivity contribution in [1.29, 1.82) is 0 Å². The summed E-state index contributed by atoms with van der Waals surface area (Å²) in [7, 11) is 3.26. The molecule has 9 heteroatoms. The number of ether oxygens (including phenoxy) is 2. The summed E-state index contributed by atoms with van der Waals surface area (Å²) >= 11 is 0. The molecule has 180 valence electrons. The first-order valence-corrected chi connectivity index (χ1v) is 11.6. The first-order valence-electron chi connectivity index (χ1n) is 11.6. The van der Waals surface area contributed by atoms with Gasteiger partial charge in [0, 0.05) is 0 Å². The molecule has 0 fully saturated rings. The number of anilines is 2. The fourth-order valence-electron chi connectivity index (χ4n) is 4.79. The van der Waals surface area contributed by atoms with Crippen molar-refractivity contribution in [2.45, 2.75) is 18.5 Å². The van der Waals surface area contributed by atoms with Gasteiger partial charge in [0.25, 0.3) is 17.8 Å². The van der Waals surface area contributed by atoms with E-state index in [1.807, 2.05) is 48.5 Å². The zero-order chi connectivity index (χ0) is 24.8. The van der Waals surface area contributed by atoms with Crippen molar-refractivity contribution in [3.8, 4) is 11.5 Å². The zero-order valence-electron chi connectivity index (χ0n) is 19.7. The number of methoxy groups -OCH3 is 2. The maximum absolute atomic E-state index is 13.1. The number of nitrogens with one attached hydrogen (secondary N) is 1. The standard InChI is InChI=1S/C27H23N5O4/c1-35-18-11-7-16(8-12-18)22-15-23(17-9-13-19(36-2)14-10-17)32-26(28-22)29-27(30-32)31-24(33)20-5-3-4-6-21(20)25(31)34/h3-14,22-23H,15H2,1-2H3,(H,28,29,30)/t22-,23-/m1/s1. The SMILES string of the molecule is COc1ccc([C@H]2C[C@H](c3ccc(OC)cc3)Nc3nc(N4C(=O)c5ccccc5C4=O)nn32)cc1. The Morgan fingerprint density at radius 2 is 1.36 bits per heavy atom. The zero-order valence-corrected chi connectivity index (χ0v) is 19.7. The Bertz CT molecular complexity index is 1430. The van der Waals surface area contributed by atoms with Crippen LogP contribution in [0.2, 0.25) is 0 Å². The van der Waals surface area contributed by atoms with Gasteiger partial charge in [-0.05, 0) is 53.9 Å². The van der Waals surface area contributed by atoms with Gasteiger partial charge in [-0.2, -0.15) is 4.98 Å². The van der Waals surface area contributed by atoms with Gasteiger partial charge in [0.1, 0.15) is 11.5 Å². The Labute approximate surface area is 207 Å². The number of imide groups is 1. The third-order valence-electron chi connectivity index (χ3n) is 6.69. The van der Waals surface area contributed by atoms with E-state index < -0.39 is 11.8 Å². The van der Waals surface area contributed by atoms with E-state index in [-0.39, 0.29) is 18.0 Å². The first kappa shape index (κ1) is 21.8. The number of hydrogen-bond donors (Lipinski definition) is 1. The Hall–Kier alpha value is -4.66. The largest absolute Gasteiger partial charge is 0.497 e. The highest BCUT2D eigenvalue weighted by molar-refractivity contribution is 6.33. The number of hydrogen-bond acceptors (Lipinski definition) is 7. The average Bonchev–Trinajstić information content (AvgIpc) is 3.46. The Balaban J connectivity index is 1.41. The summed E-state index contributed by atoms with van der Waals surface area (Å²) in [5.41, 5.74) is 2.78. The molecular weight excluding hydrogens is 458 g/mol. The van der Waals surface area contributed by atoms with Gasteiger partial charge < -0.3 is 14.8 Å². The van der Waals surface area contributed by atoms with E-state index in [2.05, 4.69) is 15.4 Å². The molecule has 0 saturated heterocycles. The minimum atomic E-state index is -0.425. The number of benzene rings is 3. The molecule has 0 spiro atoms. The summed E-state index contributed by atoms with van der Waals surface area (Å²) in [4.78, 5) is 31.8. The van der Waals surface area contributed by atoms with Gasteiger partial charge in [0.05, 0.1) is 37.4 Å². The molecule has 2 aliphatic rings. The van der Waals surface area contributed by atoms with E-state index >= 15 is 0 Å². The summed E-state index contributed by atoms with van der Waals surface area (Å²) in [6, 6.07) is 22.2. The molecule has 0 aliphatic carbocycles. The lowest BCUT2D eigenvalue weighted by Gasteiger charge is -2.31. The van der Waals surface area contributed by atoms with E-state index in [0.717, 1.165) is 27.5 Å². The quantitative estimate of drug-likeness (QED) is 0.426. The second-order valence-electron chi connectivity index (χ2n) is 8.67. The molecule has 0 saturated carbocycles. The molecule has 3 heterocycles. The lowest BCUT2D eigenvalue weighted by molar-refractivity contribution is 0.0923. The van der Waals surface area contributed by atoms with E-state index in [9.17, 15) is 9.59 Å². The Morgan fingerprint density at radius 3 is 1.92 bits per heavy atom. The molecule has 0 radical (unpaired) electrons. The lowest BCUT2D eigenvalue weighted by atomic mass is 9.93. The minimum Gasteiger partial charge on any atom is -0.497 e. The smallest absolute Gasteiger partial charge is 0.268 e. The third-order valence-corrected chi connectivity index (χ3v) is 6.69. The highest BCUT2D eigenvalue weighted by Gasteiger charge is 2.40. The van der Waals surface area contributed by atoms with Crippen molar-refractivity contribution in [2.24, 2.45) is 0 Å². The molecule has 0 bridgehead atoms. The van der Waals surface area contributed by atoms with Crippen molar-refractivity contribution in [3.05, 3.63) is 95.1 Å². The second kappa shape index (κ2) is 8.53. The minimum absolute atomic E-state index is 0.0533. The molecular formula is C27H23N5O4. The molecule has 9 nitrogen and oxygen atoms in total. The Kier molecular flexibility index (Phi) is 5.18. The predicted molar refractivity (Wildman–Crippen MR) is 133 cm³/mol. The van der Waals surface area contributed by atoms with Crippen LogP contribution in [0.3, 0.4) is 0 Å². The van der Waals surface area contributed by atoms with Crippen LogP contribution in [-0.4, -0.2) is 40.8 Å². The summed E-state index contributed by atoms with van der Waals surface area (Å²) < 4.78 is 12.4. The van der Waals surface area contributed by atoms with Crippen LogP contribution in [0.1, 0.15) is 50.3 Å². The van der Waals surface area contributed by atoms with E-state index in [1.165, 1.54) is 0 Å². The van der Waals surface area contributed by atoms with Crippen LogP contribution >= 0.6 is 0 Å². The lowest BCUT2D eigenvalue weighted by Crippen LogP contribution is -2.30. The number of aromatic nitrogens is 3. The maximum Gasteiger partial charge on any atom is 0.268 e. The highest BCUT2D eigenvalue weighted by atomic mass is 16.5. The van der Waals surface area contributed by atoms with Gasteiger partial charge in [-0.25, -0.2) is 9.58 Å². The number of carbonyl (C=O) groups is 2. The van der Waals surface area contributed by atoms with E-state index in [4.69, 9.17) is 9.47 Å². The molecule has 1 N–H and O–H groups in total. The van der Waals surface area contributed by atoms with Gasteiger partial charge in [-0.3, -0.25) is 9.59 Å². The number of carbonyl (C=O) groups excluding carboxylic acids is 2. The molecule has 3 aromatic carbocycles. The van der Waals surface area contributed by atoms with Gasteiger partial charge in [-0.1, -0.05) is 36.4 Å². The topological polar surface area (TPSA) is 98.6 Å². The summed E-state index contributed by atoms with van der Waals surface area (Å²) in [5.74, 6) is 1.21. The van der Waals surface area contributed by atoms with E-state index in [1.54, 1.807) is 43.2 Å². The van der Waals surface area contributed by atoms with Crippen molar-refractivity contribution in [1.82, 2.24) is 14.8 Å². The van der Waals surface area contributed by atoms with Gasteiger partial charge in [-0.15, -0.1) is 5.10 Å². The van der Waals surface area contributed by atoms with Crippen molar-refractivity contribution in [3.63, 3.8) is 0 Å². The Morgan fingerprint density at radius 1 is 0.806 bits per heavy atom. The average molecular weight is 482 g/mol. The highest BCUT2D eigenvalue weighted by Crippen LogP contribution is 2.40. The van der Waals surface area contributed by atoms with Crippen LogP contribution in [0.25, 0.3) is 0 Å². The van der Waals surface area contributed by atoms with Gasteiger partial charge >= 0.3 is 0 Å². The van der Waals surface area contributed by atoms with Crippen molar-refractivity contribution >= 4 is 23.7 Å². The second-order valence-corrected chi connectivity index (χ2v) is 8.67. The number of rotatable bonds is 5. The molecule has 1 aromatic heterocycles. The number of amides is 2. The number of nitrogens with zero attached hydrogens (tertiary/aromatic N) is 4. The summed E-state index contributed by atoms with van der Waals surface area (Å²) in [6.07, 6.45) is 0.677. The third kappa shape index (κ3) is 3.48. The van der Waals surface area contributed by atoms with Crippen molar-refractivity contribution < 1.29 is 19.1 Å². The molecule has 2 aliphatic heterocycles. The van der Waals surface area contributed by atoms with Gasteiger partial charge in [0.2, 0.25) is 5.95 Å². The summed E-state index contributed by atoms with van der Waals surface area (Å²) in [6.45, 7) is 0. The molecule has 36 heavy (non-hydrogen) atoms. The molecule has 4 aromatic rings. The van der Waals surface area contributed by atoms with Crippen LogP contribution in [-0.2, 0) is 0 Å². The van der Waals surface area contributed by atoms with Crippen molar-refractivity contribution in [2.75, 3.05) is 24.4 Å². The molecule has 0 unspecified atom stereocenters. The summed E-state index contributed by atoms with van der Waals surface area (Å²) in [5, 5.41) is 8.09. The first-order chi connectivity index (χ1) is 17.6. The fourth-order valence-corrected chi connectivity index (χ4v) is 4.79. The fraction of sp³-hybridized carbons (Fsp3) is 0.185. The van der Waals surface area contributed by atoms with Crippen LogP contribution in [0.4, 0.5) is 11.9 Å². The maximum atomic E-state index is 13.1. The monoisotopic (exact) mass is 481 g/mol.